The van der Waals surface area contributed by atoms with Gasteiger partial charge in [0.1, 0.15) is 5.82 Å². The second-order valence-corrected chi connectivity index (χ2v) is 4.57. The predicted octanol–water partition coefficient (Wildman–Crippen LogP) is 2.10. The van der Waals surface area contributed by atoms with Crippen molar-refractivity contribution < 1.29 is 9.53 Å². The fourth-order valence-electron chi connectivity index (χ4n) is 2.22. The van der Waals surface area contributed by atoms with E-state index < -0.39 is 0 Å². The van der Waals surface area contributed by atoms with Crippen molar-refractivity contribution in [1.29, 1.82) is 0 Å². The van der Waals surface area contributed by atoms with Crippen LogP contribution in [0.1, 0.15) is 30.3 Å². The fraction of sp³-hybridized carbons (Fsp3) is 0.538. The first-order chi connectivity index (χ1) is 8.20. The highest BCUT2D eigenvalue weighted by Gasteiger charge is 2.18. The van der Waals surface area contributed by atoms with Crippen LogP contribution < -0.4 is 4.90 Å². The highest BCUT2D eigenvalue weighted by atomic mass is 16.5. The topological polar surface area (TPSA) is 42.4 Å². The molecule has 0 spiro atoms. The number of anilines is 1. The number of hydrogen-bond acceptors (Lipinski definition) is 4. The average Bonchev–Trinajstić information content (AvgIpc) is 2.38. The summed E-state index contributed by atoms with van der Waals surface area (Å²) in [5.41, 5.74) is 0.378. The van der Waals surface area contributed by atoms with Crippen LogP contribution >= 0.6 is 0 Å². The molecule has 1 fully saturated rings. The minimum Gasteiger partial charge on any atom is -0.464 e. The lowest BCUT2D eigenvalue weighted by Crippen LogP contribution is -2.35. The van der Waals surface area contributed by atoms with Crippen molar-refractivity contribution in [2.24, 2.45) is 5.92 Å². The molecular weight excluding hydrogens is 216 g/mol. The molecule has 4 nitrogen and oxygen atoms in total. The van der Waals surface area contributed by atoms with E-state index in [1.54, 1.807) is 6.07 Å². The van der Waals surface area contributed by atoms with E-state index in [9.17, 15) is 4.79 Å². The number of carbonyl (C=O) groups is 1. The first-order valence-electron chi connectivity index (χ1n) is 6.01. The maximum atomic E-state index is 11.4. The molecule has 0 radical (unpaired) electrons. The zero-order valence-electron chi connectivity index (χ0n) is 10.3. The summed E-state index contributed by atoms with van der Waals surface area (Å²) in [6.45, 7) is 4.27. The van der Waals surface area contributed by atoms with Crippen LogP contribution in [-0.2, 0) is 4.74 Å². The van der Waals surface area contributed by atoms with Gasteiger partial charge in [-0.15, -0.1) is 0 Å². The Balaban J connectivity index is 2.17. The fourth-order valence-corrected chi connectivity index (χ4v) is 2.22. The molecule has 4 heteroatoms. The normalized spacial score (nSPS) is 20.1. The molecule has 0 unspecified atom stereocenters. The van der Waals surface area contributed by atoms with E-state index in [-0.39, 0.29) is 5.97 Å². The number of rotatable bonds is 2. The summed E-state index contributed by atoms with van der Waals surface area (Å²) < 4.78 is 4.68. The Morgan fingerprint density at radius 2 is 2.35 bits per heavy atom. The van der Waals surface area contributed by atoms with E-state index in [4.69, 9.17) is 0 Å². The summed E-state index contributed by atoms with van der Waals surface area (Å²) in [4.78, 5) is 18.0. The Morgan fingerprint density at radius 3 is 3.06 bits per heavy atom. The minimum atomic E-state index is -0.378. The zero-order valence-corrected chi connectivity index (χ0v) is 10.3. The molecule has 2 rings (SSSR count). The number of carbonyl (C=O) groups excluding carboxylic acids is 1. The van der Waals surface area contributed by atoms with Gasteiger partial charge < -0.3 is 9.64 Å². The van der Waals surface area contributed by atoms with Gasteiger partial charge in [-0.3, -0.25) is 0 Å². The third-order valence-corrected chi connectivity index (χ3v) is 3.11. The molecule has 0 aromatic carbocycles. The van der Waals surface area contributed by atoms with Crippen LogP contribution in [0.4, 0.5) is 5.82 Å². The molecule has 0 saturated carbocycles. The molecule has 1 atom stereocenters. The van der Waals surface area contributed by atoms with Crippen molar-refractivity contribution in [3.63, 3.8) is 0 Å². The number of aromatic nitrogens is 1. The van der Waals surface area contributed by atoms with Gasteiger partial charge in [-0.25, -0.2) is 9.78 Å². The van der Waals surface area contributed by atoms with Crippen molar-refractivity contribution in [3.8, 4) is 0 Å². The van der Waals surface area contributed by atoms with E-state index >= 15 is 0 Å². The van der Waals surface area contributed by atoms with Crippen LogP contribution in [0.5, 0.6) is 0 Å². The van der Waals surface area contributed by atoms with Gasteiger partial charge in [0.15, 0.2) is 5.69 Å². The van der Waals surface area contributed by atoms with Crippen molar-refractivity contribution in [2.45, 2.75) is 19.8 Å². The number of hydrogen-bond donors (Lipinski definition) is 0. The quantitative estimate of drug-likeness (QED) is 0.735. The molecule has 0 bridgehead atoms. The largest absolute Gasteiger partial charge is 0.464 e. The van der Waals surface area contributed by atoms with Crippen LogP contribution in [0.25, 0.3) is 0 Å². The zero-order chi connectivity index (χ0) is 12.3. The van der Waals surface area contributed by atoms with E-state index in [1.807, 2.05) is 12.1 Å². The minimum absolute atomic E-state index is 0.378. The summed E-state index contributed by atoms with van der Waals surface area (Å²) in [5.74, 6) is 1.18. The second-order valence-electron chi connectivity index (χ2n) is 4.57. The van der Waals surface area contributed by atoms with E-state index in [0.29, 0.717) is 11.6 Å². The van der Waals surface area contributed by atoms with Gasteiger partial charge in [0.05, 0.1) is 7.11 Å². The summed E-state index contributed by atoms with van der Waals surface area (Å²) in [6, 6.07) is 5.49. The first kappa shape index (κ1) is 11.9. The van der Waals surface area contributed by atoms with E-state index in [2.05, 4.69) is 21.5 Å². The number of methoxy groups -OCH3 is 1. The van der Waals surface area contributed by atoms with Gasteiger partial charge in [0, 0.05) is 13.1 Å². The Labute approximate surface area is 102 Å². The van der Waals surface area contributed by atoms with Gasteiger partial charge in [-0.2, -0.15) is 0 Å². The van der Waals surface area contributed by atoms with Crippen LogP contribution in [-0.4, -0.2) is 31.2 Å². The maximum absolute atomic E-state index is 11.4. The van der Waals surface area contributed by atoms with Crippen LogP contribution in [0.3, 0.4) is 0 Å². The number of esters is 1. The van der Waals surface area contributed by atoms with Crippen LogP contribution in [0.15, 0.2) is 18.2 Å². The van der Waals surface area contributed by atoms with Crippen molar-refractivity contribution >= 4 is 11.8 Å². The molecule has 92 valence electrons. The summed E-state index contributed by atoms with van der Waals surface area (Å²) in [7, 11) is 1.37. The molecule has 1 aromatic rings. The molecule has 1 aromatic heterocycles. The SMILES string of the molecule is COC(=O)c1cccc(N2CCC[C@H](C)C2)n1. The first-order valence-corrected chi connectivity index (χ1v) is 6.01. The monoisotopic (exact) mass is 234 g/mol. The molecule has 1 saturated heterocycles. The van der Waals surface area contributed by atoms with Gasteiger partial charge in [0.25, 0.3) is 0 Å². The van der Waals surface area contributed by atoms with Crippen LogP contribution in [0, 0.1) is 5.92 Å². The van der Waals surface area contributed by atoms with Crippen molar-refractivity contribution in [2.75, 3.05) is 25.1 Å². The standard InChI is InChI=1S/C13H18N2O2/c1-10-5-4-8-15(9-10)12-7-3-6-11(14-12)13(16)17-2/h3,6-7,10H,4-5,8-9H2,1-2H3/t10-/m0/s1. The number of ether oxygens (including phenoxy) is 1. The lowest BCUT2D eigenvalue weighted by Gasteiger charge is -2.31. The molecule has 0 N–H and O–H groups in total. The van der Waals surface area contributed by atoms with E-state index in [0.717, 1.165) is 18.9 Å². The summed E-state index contributed by atoms with van der Waals surface area (Å²) in [5, 5.41) is 0. The van der Waals surface area contributed by atoms with E-state index in [1.165, 1.54) is 20.0 Å². The highest BCUT2D eigenvalue weighted by molar-refractivity contribution is 5.87. The average molecular weight is 234 g/mol. The Bertz CT molecular complexity index is 406. The lowest BCUT2D eigenvalue weighted by atomic mass is 10.0. The number of nitrogens with zero attached hydrogens (tertiary/aromatic N) is 2. The molecular formula is C13H18N2O2. The number of pyridine rings is 1. The summed E-state index contributed by atoms with van der Waals surface area (Å²) >= 11 is 0. The Morgan fingerprint density at radius 1 is 1.53 bits per heavy atom. The summed E-state index contributed by atoms with van der Waals surface area (Å²) in [6.07, 6.45) is 2.46. The Kier molecular flexibility index (Phi) is 3.61. The highest BCUT2D eigenvalue weighted by Crippen LogP contribution is 2.21. The third-order valence-electron chi connectivity index (χ3n) is 3.11. The van der Waals surface area contributed by atoms with Crippen molar-refractivity contribution in [3.05, 3.63) is 23.9 Å². The van der Waals surface area contributed by atoms with Crippen LogP contribution in [0.2, 0.25) is 0 Å². The Hall–Kier alpha value is -1.58. The van der Waals surface area contributed by atoms with Crippen molar-refractivity contribution in [1.82, 2.24) is 4.98 Å². The predicted molar refractivity (Wildman–Crippen MR) is 66.2 cm³/mol. The molecule has 0 aliphatic carbocycles. The second kappa shape index (κ2) is 5.17. The number of piperidine rings is 1. The smallest absolute Gasteiger partial charge is 0.356 e. The van der Waals surface area contributed by atoms with Gasteiger partial charge >= 0.3 is 5.97 Å². The maximum Gasteiger partial charge on any atom is 0.356 e. The third kappa shape index (κ3) is 2.75. The van der Waals surface area contributed by atoms with Gasteiger partial charge in [0.2, 0.25) is 0 Å². The lowest BCUT2D eigenvalue weighted by molar-refractivity contribution is 0.0594. The molecule has 1 aliphatic rings. The molecule has 2 heterocycles. The molecule has 1 aliphatic heterocycles. The van der Waals surface area contributed by atoms with Gasteiger partial charge in [-0.1, -0.05) is 13.0 Å². The molecule has 0 amide bonds. The molecule has 17 heavy (non-hydrogen) atoms. The van der Waals surface area contributed by atoms with Gasteiger partial charge in [-0.05, 0) is 30.9 Å².